The van der Waals surface area contributed by atoms with E-state index in [2.05, 4.69) is 37.9 Å². The van der Waals surface area contributed by atoms with Gasteiger partial charge in [0.05, 0.1) is 10.2 Å². The smallest absolute Gasteiger partial charge is 0.147 e. The summed E-state index contributed by atoms with van der Waals surface area (Å²) >= 11 is 2.19. The van der Waals surface area contributed by atoms with Crippen LogP contribution in [0.15, 0.2) is 30.7 Å². The van der Waals surface area contributed by atoms with E-state index >= 15 is 0 Å². The molecule has 5 nitrogen and oxygen atoms in total. The van der Waals surface area contributed by atoms with E-state index in [9.17, 15) is 0 Å². The predicted octanol–water partition coefficient (Wildman–Crippen LogP) is 2.68. The van der Waals surface area contributed by atoms with Gasteiger partial charge in [0.25, 0.3) is 0 Å². The molecule has 2 aromatic rings. The van der Waals surface area contributed by atoms with Gasteiger partial charge in [-0.2, -0.15) is 0 Å². The summed E-state index contributed by atoms with van der Waals surface area (Å²) in [5, 5.41) is 3.25. The maximum atomic E-state index is 5.74. The van der Waals surface area contributed by atoms with Gasteiger partial charge in [-0.3, -0.25) is 0 Å². The third kappa shape index (κ3) is 3.54. The van der Waals surface area contributed by atoms with Crippen molar-refractivity contribution in [2.45, 2.75) is 13.5 Å². The number of halogens is 1. The lowest BCUT2D eigenvalue weighted by molar-refractivity contribution is 0.336. The Hall–Kier alpha value is -1.41. The molecular weight excluding hydrogens is 355 g/mol. The number of nitrogens with two attached hydrogens (primary N) is 1. The molecule has 0 aliphatic carbocycles. The van der Waals surface area contributed by atoms with E-state index in [1.54, 1.807) is 6.20 Å². The summed E-state index contributed by atoms with van der Waals surface area (Å²) in [5.41, 5.74) is 7.64. The van der Waals surface area contributed by atoms with Crippen molar-refractivity contribution in [2.24, 2.45) is 5.73 Å². The van der Waals surface area contributed by atoms with E-state index in [-0.39, 0.29) is 0 Å². The van der Waals surface area contributed by atoms with Crippen LogP contribution in [-0.4, -0.2) is 16.6 Å². The average Bonchev–Trinajstić information content (AvgIpc) is 2.43. The second-order valence-electron chi connectivity index (χ2n) is 3.80. The fraction of sp³-hybridized carbons (Fsp3) is 0.231. The summed E-state index contributed by atoms with van der Waals surface area (Å²) in [5.74, 6) is 1.61. The quantitative estimate of drug-likeness (QED) is 0.792. The van der Waals surface area contributed by atoms with Crippen LogP contribution >= 0.6 is 22.6 Å². The van der Waals surface area contributed by atoms with Gasteiger partial charge in [0.1, 0.15) is 17.9 Å². The summed E-state index contributed by atoms with van der Waals surface area (Å²) in [6.07, 6.45) is 3.28. The Labute approximate surface area is 125 Å². The molecule has 3 N–H and O–H groups in total. The summed E-state index contributed by atoms with van der Waals surface area (Å²) in [6, 6.07) is 5.84. The molecule has 0 fully saturated rings. The summed E-state index contributed by atoms with van der Waals surface area (Å²) in [7, 11) is 0. The predicted molar refractivity (Wildman–Crippen MR) is 83.5 cm³/mol. The Morgan fingerprint density at radius 3 is 2.95 bits per heavy atom. The Morgan fingerprint density at radius 2 is 2.26 bits per heavy atom. The Kier molecular flexibility index (Phi) is 4.92. The molecule has 0 saturated carbocycles. The molecular formula is C13H15IN4O. The maximum Gasteiger partial charge on any atom is 0.147 e. The maximum absolute atomic E-state index is 5.74. The number of nitrogens with one attached hydrogen (secondary N) is 1. The molecule has 2 rings (SSSR count). The zero-order valence-corrected chi connectivity index (χ0v) is 12.7. The first kappa shape index (κ1) is 14.0. The highest BCUT2D eigenvalue weighted by Gasteiger charge is 2.06. The van der Waals surface area contributed by atoms with E-state index in [1.165, 1.54) is 6.33 Å². The fourth-order valence-corrected chi connectivity index (χ4v) is 2.09. The molecule has 0 radical (unpaired) electrons. The van der Waals surface area contributed by atoms with Gasteiger partial charge in [0.2, 0.25) is 0 Å². The van der Waals surface area contributed by atoms with Crippen LogP contribution in [-0.2, 0) is 6.54 Å². The Balaban J connectivity index is 2.24. The zero-order chi connectivity index (χ0) is 13.7. The van der Waals surface area contributed by atoms with Crippen molar-refractivity contribution in [3.05, 3.63) is 39.9 Å². The van der Waals surface area contributed by atoms with Crippen LogP contribution in [0.3, 0.4) is 0 Å². The van der Waals surface area contributed by atoms with Crippen molar-refractivity contribution >= 4 is 34.1 Å². The molecule has 0 unspecified atom stereocenters. The topological polar surface area (TPSA) is 73.1 Å². The number of benzene rings is 1. The fourth-order valence-electron chi connectivity index (χ4n) is 1.65. The van der Waals surface area contributed by atoms with Crippen LogP contribution < -0.4 is 15.8 Å². The number of rotatable bonds is 5. The van der Waals surface area contributed by atoms with Crippen molar-refractivity contribution in [1.82, 2.24) is 9.97 Å². The van der Waals surface area contributed by atoms with E-state index in [0.29, 0.717) is 13.2 Å². The lowest BCUT2D eigenvalue weighted by Crippen LogP contribution is -2.04. The molecule has 1 aromatic carbocycles. The number of nitrogens with zero attached hydrogens (tertiary/aromatic N) is 2. The number of aromatic nitrogens is 2. The Morgan fingerprint density at radius 1 is 1.42 bits per heavy atom. The van der Waals surface area contributed by atoms with E-state index in [0.717, 1.165) is 26.4 Å². The van der Waals surface area contributed by atoms with Gasteiger partial charge in [-0.25, -0.2) is 9.97 Å². The van der Waals surface area contributed by atoms with E-state index in [1.807, 2.05) is 25.1 Å². The summed E-state index contributed by atoms with van der Waals surface area (Å²) in [4.78, 5) is 8.16. The first-order valence-corrected chi connectivity index (χ1v) is 7.00. The van der Waals surface area contributed by atoms with Gasteiger partial charge in [0, 0.05) is 24.0 Å². The van der Waals surface area contributed by atoms with Gasteiger partial charge in [-0.1, -0.05) is 0 Å². The number of anilines is 2. The monoisotopic (exact) mass is 370 g/mol. The minimum Gasteiger partial charge on any atom is -0.494 e. The highest BCUT2D eigenvalue weighted by Crippen LogP contribution is 2.25. The molecule has 1 aromatic heterocycles. The lowest BCUT2D eigenvalue weighted by atomic mass is 10.1. The van der Waals surface area contributed by atoms with Crippen molar-refractivity contribution in [2.75, 3.05) is 11.9 Å². The van der Waals surface area contributed by atoms with Crippen LogP contribution in [0.2, 0.25) is 0 Å². The van der Waals surface area contributed by atoms with Crippen LogP contribution in [0.1, 0.15) is 12.5 Å². The third-order valence-corrected chi connectivity index (χ3v) is 3.30. The molecule has 6 heteroatoms. The van der Waals surface area contributed by atoms with Gasteiger partial charge in [0.15, 0.2) is 0 Å². The number of hydrogen-bond acceptors (Lipinski definition) is 5. The second-order valence-corrected chi connectivity index (χ2v) is 4.97. The normalized spacial score (nSPS) is 10.3. The largest absolute Gasteiger partial charge is 0.494 e. The molecule has 0 aliphatic rings. The SMILES string of the molecule is CCOc1ccc(Nc2ncncc2I)cc1CN. The van der Waals surface area contributed by atoms with Crippen LogP contribution in [0.25, 0.3) is 0 Å². The van der Waals surface area contributed by atoms with Crippen molar-refractivity contribution in [3.63, 3.8) is 0 Å². The zero-order valence-electron chi connectivity index (χ0n) is 10.6. The van der Waals surface area contributed by atoms with Gasteiger partial charge >= 0.3 is 0 Å². The average molecular weight is 370 g/mol. The summed E-state index contributed by atoms with van der Waals surface area (Å²) < 4.78 is 6.48. The molecule has 0 atom stereocenters. The molecule has 0 amide bonds. The van der Waals surface area contributed by atoms with Crippen molar-refractivity contribution in [1.29, 1.82) is 0 Å². The molecule has 0 bridgehead atoms. The van der Waals surface area contributed by atoms with E-state index in [4.69, 9.17) is 10.5 Å². The first-order valence-electron chi connectivity index (χ1n) is 5.93. The minimum absolute atomic E-state index is 0.436. The van der Waals surface area contributed by atoms with Gasteiger partial charge in [-0.05, 0) is 47.7 Å². The molecule has 100 valence electrons. The highest BCUT2D eigenvalue weighted by molar-refractivity contribution is 14.1. The van der Waals surface area contributed by atoms with Crippen LogP contribution in [0.4, 0.5) is 11.5 Å². The standard InChI is InChI=1S/C13H15IN4O/c1-2-19-12-4-3-10(5-9(12)6-15)18-13-11(14)7-16-8-17-13/h3-5,7-8H,2,6,15H2,1H3,(H,16,17,18). The van der Waals surface area contributed by atoms with Crippen LogP contribution in [0, 0.1) is 3.57 Å². The summed E-state index contributed by atoms with van der Waals surface area (Å²) in [6.45, 7) is 3.02. The van der Waals surface area contributed by atoms with Gasteiger partial charge < -0.3 is 15.8 Å². The van der Waals surface area contributed by atoms with E-state index < -0.39 is 0 Å². The molecule has 0 aliphatic heterocycles. The minimum atomic E-state index is 0.436. The second kappa shape index (κ2) is 6.67. The number of ether oxygens (including phenoxy) is 1. The molecule has 0 saturated heterocycles. The Bertz CT molecular complexity index is 562. The molecule has 1 heterocycles. The third-order valence-electron chi connectivity index (χ3n) is 2.51. The van der Waals surface area contributed by atoms with Crippen molar-refractivity contribution < 1.29 is 4.74 Å². The first-order chi connectivity index (χ1) is 9.24. The van der Waals surface area contributed by atoms with Crippen molar-refractivity contribution in [3.8, 4) is 5.75 Å². The lowest BCUT2D eigenvalue weighted by Gasteiger charge is -2.12. The molecule has 0 spiro atoms. The number of hydrogen-bond donors (Lipinski definition) is 2. The molecule has 19 heavy (non-hydrogen) atoms. The van der Waals surface area contributed by atoms with Gasteiger partial charge in [-0.15, -0.1) is 0 Å². The highest BCUT2D eigenvalue weighted by atomic mass is 127. The van der Waals surface area contributed by atoms with Crippen LogP contribution in [0.5, 0.6) is 5.75 Å².